The number of rotatable bonds is 5. The topological polar surface area (TPSA) is 29.5 Å². The summed E-state index contributed by atoms with van der Waals surface area (Å²) in [5, 5.41) is 0.670. The normalized spacial score (nSPS) is 16.2. The standard InChI is InChI=1S/C17H15Cl2NO2S2/c1-4-5-22-15-12(18)6-11(7-13(15)19)8-14-16(21)20(9-10(2)3)17(23)24-14/h1,6-8,10H,5,9H2,2-3H3/b14-8-. The molecule has 0 radical (unpaired) electrons. The number of terminal acetylenes is 1. The fraction of sp³-hybridized carbons (Fsp3) is 0.294. The highest BCUT2D eigenvalue weighted by Crippen LogP contribution is 2.37. The molecule has 0 aliphatic carbocycles. The van der Waals surface area contributed by atoms with Crippen molar-refractivity contribution in [3.05, 3.63) is 32.6 Å². The van der Waals surface area contributed by atoms with Crippen LogP contribution in [0.15, 0.2) is 17.0 Å². The Morgan fingerprint density at radius 3 is 2.58 bits per heavy atom. The van der Waals surface area contributed by atoms with Crippen molar-refractivity contribution >= 4 is 63.5 Å². The van der Waals surface area contributed by atoms with Gasteiger partial charge in [-0.1, -0.05) is 66.9 Å². The lowest BCUT2D eigenvalue weighted by atomic mass is 10.2. The van der Waals surface area contributed by atoms with Gasteiger partial charge in [-0.05, 0) is 29.7 Å². The van der Waals surface area contributed by atoms with Gasteiger partial charge in [0.1, 0.15) is 10.9 Å². The summed E-state index contributed by atoms with van der Waals surface area (Å²) in [4.78, 5) is 14.6. The quantitative estimate of drug-likeness (QED) is 0.401. The average Bonchev–Trinajstić information content (AvgIpc) is 2.74. The lowest BCUT2D eigenvalue weighted by Crippen LogP contribution is -2.31. The average molecular weight is 400 g/mol. The number of hydrogen-bond acceptors (Lipinski definition) is 4. The summed E-state index contributed by atoms with van der Waals surface area (Å²) in [6.07, 6.45) is 6.89. The highest BCUT2D eigenvalue weighted by Gasteiger charge is 2.32. The summed E-state index contributed by atoms with van der Waals surface area (Å²) in [5.41, 5.74) is 0.697. The second-order valence-electron chi connectivity index (χ2n) is 5.49. The highest BCUT2D eigenvalue weighted by atomic mass is 35.5. The zero-order valence-electron chi connectivity index (χ0n) is 13.1. The molecule has 0 aromatic heterocycles. The molecule has 1 aliphatic rings. The van der Waals surface area contributed by atoms with E-state index in [1.807, 2.05) is 13.8 Å². The van der Waals surface area contributed by atoms with Crippen LogP contribution in [0.3, 0.4) is 0 Å². The smallest absolute Gasteiger partial charge is 0.266 e. The molecule has 1 saturated heterocycles. The van der Waals surface area contributed by atoms with Gasteiger partial charge in [-0.2, -0.15) is 0 Å². The molecule has 0 bridgehead atoms. The Bertz CT molecular complexity index is 730. The van der Waals surface area contributed by atoms with Crippen molar-refractivity contribution in [3.63, 3.8) is 0 Å². The molecule has 1 fully saturated rings. The second kappa shape index (κ2) is 8.26. The molecule has 126 valence electrons. The number of halogens is 2. The van der Waals surface area contributed by atoms with Crippen LogP contribution < -0.4 is 4.74 Å². The van der Waals surface area contributed by atoms with Crippen molar-refractivity contribution in [3.8, 4) is 18.1 Å². The molecule has 0 atom stereocenters. The van der Waals surface area contributed by atoms with Crippen LogP contribution in [0.4, 0.5) is 0 Å². The van der Waals surface area contributed by atoms with E-state index in [-0.39, 0.29) is 12.5 Å². The van der Waals surface area contributed by atoms with E-state index in [9.17, 15) is 4.79 Å². The molecule has 0 saturated carbocycles. The summed E-state index contributed by atoms with van der Waals surface area (Å²) >= 11 is 18.9. The Kier molecular flexibility index (Phi) is 6.59. The summed E-state index contributed by atoms with van der Waals surface area (Å²) in [6.45, 7) is 4.75. The molecule has 0 spiro atoms. The largest absolute Gasteiger partial charge is 0.478 e. The first-order valence-electron chi connectivity index (χ1n) is 7.14. The van der Waals surface area contributed by atoms with E-state index in [0.717, 1.165) is 0 Å². The van der Waals surface area contributed by atoms with Crippen LogP contribution in [0.1, 0.15) is 19.4 Å². The predicted molar refractivity (Wildman–Crippen MR) is 106 cm³/mol. The van der Waals surface area contributed by atoms with Crippen LogP contribution in [0.25, 0.3) is 6.08 Å². The third-order valence-electron chi connectivity index (χ3n) is 3.04. The fourth-order valence-corrected chi connectivity index (χ4v) is 3.98. The van der Waals surface area contributed by atoms with Crippen LogP contribution in [0.5, 0.6) is 5.75 Å². The van der Waals surface area contributed by atoms with Gasteiger partial charge in [0, 0.05) is 6.54 Å². The van der Waals surface area contributed by atoms with E-state index in [2.05, 4.69) is 5.92 Å². The highest BCUT2D eigenvalue weighted by molar-refractivity contribution is 8.26. The summed E-state index contributed by atoms with van der Waals surface area (Å²) in [7, 11) is 0. The van der Waals surface area contributed by atoms with Gasteiger partial charge in [0.2, 0.25) is 0 Å². The van der Waals surface area contributed by atoms with Crippen LogP contribution in [-0.2, 0) is 4.79 Å². The van der Waals surface area contributed by atoms with Crippen LogP contribution >= 0.6 is 47.2 Å². The number of thioether (sulfide) groups is 1. The van der Waals surface area contributed by atoms with Gasteiger partial charge < -0.3 is 4.74 Å². The second-order valence-corrected chi connectivity index (χ2v) is 7.98. The monoisotopic (exact) mass is 399 g/mol. The maximum Gasteiger partial charge on any atom is 0.266 e. The lowest BCUT2D eigenvalue weighted by Gasteiger charge is -2.16. The molecule has 3 nitrogen and oxygen atoms in total. The number of carbonyl (C=O) groups is 1. The third kappa shape index (κ3) is 4.46. The van der Waals surface area contributed by atoms with Gasteiger partial charge >= 0.3 is 0 Å². The number of ether oxygens (including phenoxy) is 1. The van der Waals surface area contributed by atoms with Crippen molar-refractivity contribution in [2.75, 3.05) is 13.2 Å². The summed E-state index contributed by atoms with van der Waals surface area (Å²) < 4.78 is 5.88. The summed E-state index contributed by atoms with van der Waals surface area (Å²) in [6, 6.07) is 3.35. The first kappa shape index (κ1) is 19.1. The van der Waals surface area contributed by atoms with Gasteiger partial charge in [-0.25, -0.2) is 0 Å². The van der Waals surface area contributed by atoms with Crippen molar-refractivity contribution < 1.29 is 9.53 Å². The van der Waals surface area contributed by atoms with Crippen molar-refractivity contribution in [1.29, 1.82) is 0 Å². The van der Waals surface area contributed by atoms with Crippen LogP contribution in [0, 0.1) is 18.3 Å². The molecular formula is C17H15Cl2NO2S2. The zero-order valence-corrected chi connectivity index (χ0v) is 16.3. The van der Waals surface area contributed by atoms with Gasteiger partial charge in [0.05, 0.1) is 15.0 Å². The molecule has 7 heteroatoms. The minimum Gasteiger partial charge on any atom is -0.478 e. The molecule has 1 aromatic carbocycles. The SMILES string of the molecule is C#CCOc1c(Cl)cc(/C=C2\SC(=S)N(CC(C)C)C2=O)cc1Cl. The molecule has 24 heavy (non-hydrogen) atoms. The van der Waals surface area contributed by atoms with E-state index in [1.54, 1.807) is 23.1 Å². The maximum atomic E-state index is 12.5. The molecule has 1 heterocycles. The molecule has 0 N–H and O–H groups in total. The Morgan fingerprint density at radius 2 is 2.04 bits per heavy atom. The number of nitrogens with zero attached hydrogens (tertiary/aromatic N) is 1. The fourth-order valence-electron chi connectivity index (χ4n) is 2.09. The predicted octanol–water partition coefficient (Wildman–Crippen LogP) is 4.86. The Labute approximate surface area is 161 Å². The minimum absolute atomic E-state index is 0.0760. The van der Waals surface area contributed by atoms with Crippen molar-refractivity contribution in [1.82, 2.24) is 4.90 Å². The third-order valence-corrected chi connectivity index (χ3v) is 4.98. The number of hydrogen-bond donors (Lipinski definition) is 0. The van der Waals surface area contributed by atoms with E-state index in [1.165, 1.54) is 11.8 Å². The van der Waals surface area contributed by atoms with Gasteiger partial charge in [0.15, 0.2) is 5.75 Å². The van der Waals surface area contributed by atoms with Gasteiger partial charge in [0.25, 0.3) is 5.91 Å². The molecule has 0 unspecified atom stereocenters. The van der Waals surface area contributed by atoms with E-state index >= 15 is 0 Å². The van der Waals surface area contributed by atoms with Crippen molar-refractivity contribution in [2.24, 2.45) is 5.92 Å². The van der Waals surface area contributed by atoms with E-state index in [0.29, 0.717) is 43.0 Å². The molecule has 1 aliphatic heterocycles. The first-order valence-corrected chi connectivity index (χ1v) is 9.12. The Balaban J connectivity index is 2.27. The number of amides is 1. The Morgan fingerprint density at radius 1 is 1.42 bits per heavy atom. The number of carbonyl (C=O) groups excluding carboxylic acids is 1. The van der Waals surface area contributed by atoms with E-state index in [4.69, 9.17) is 46.6 Å². The molecular weight excluding hydrogens is 385 g/mol. The summed E-state index contributed by atoms with van der Waals surface area (Å²) in [5.74, 6) is 2.93. The zero-order chi connectivity index (χ0) is 17.9. The minimum atomic E-state index is -0.0985. The Hall–Kier alpha value is -1.19. The van der Waals surface area contributed by atoms with E-state index < -0.39 is 0 Å². The van der Waals surface area contributed by atoms with Crippen molar-refractivity contribution in [2.45, 2.75) is 13.8 Å². The van der Waals surface area contributed by atoms with Crippen LogP contribution in [0.2, 0.25) is 10.0 Å². The van der Waals surface area contributed by atoms with Gasteiger partial charge in [-0.3, -0.25) is 9.69 Å². The number of thiocarbonyl (C=S) groups is 1. The molecule has 1 aromatic rings. The number of benzene rings is 1. The molecule has 2 rings (SSSR count). The molecule has 1 amide bonds. The maximum absolute atomic E-state index is 12.5. The van der Waals surface area contributed by atoms with Gasteiger partial charge in [-0.15, -0.1) is 6.42 Å². The van der Waals surface area contributed by atoms with Crippen LogP contribution in [-0.4, -0.2) is 28.3 Å². The lowest BCUT2D eigenvalue weighted by molar-refractivity contribution is -0.122. The first-order chi connectivity index (χ1) is 11.3.